The first-order valence-electron chi connectivity index (χ1n) is 11.9. The van der Waals surface area contributed by atoms with Crippen molar-refractivity contribution < 1.29 is 19.1 Å². The van der Waals surface area contributed by atoms with E-state index >= 15 is 0 Å². The molecule has 12 heteroatoms. The Labute approximate surface area is 230 Å². The topological polar surface area (TPSA) is 118 Å². The van der Waals surface area contributed by atoms with Gasteiger partial charge in [-0.25, -0.2) is 14.8 Å². The lowest BCUT2D eigenvalue weighted by Crippen LogP contribution is -2.45. The third-order valence-electron chi connectivity index (χ3n) is 6.20. The van der Waals surface area contributed by atoms with Crippen LogP contribution in [0.5, 0.6) is 11.5 Å². The zero-order valence-electron chi connectivity index (χ0n) is 21.2. The quantitative estimate of drug-likeness (QED) is 0.356. The molecule has 1 fully saturated rings. The van der Waals surface area contributed by atoms with Gasteiger partial charge in [0.25, 0.3) is 0 Å². The van der Waals surface area contributed by atoms with Crippen LogP contribution in [0.3, 0.4) is 0 Å². The fourth-order valence-corrected chi connectivity index (χ4v) is 5.05. The standard InChI is InChI=1S/C26H28Cl2N6O4/c1-5-21(35)31-17-12-34(26(36)29-6-2)13-18(17)33-25-30-11-15-9-14(7-8-16(15)32-25)22-23(27)19(37-3)10-20(38-4)24(22)28/h5,7-11,17-18H,1,6,12-13H2,2-4H3,(H,29,36)(H,31,35)(H,30,32,33). The first kappa shape index (κ1) is 27.3. The molecule has 2 aromatic carbocycles. The summed E-state index contributed by atoms with van der Waals surface area (Å²) in [7, 11) is 3.04. The Morgan fingerprint density at radius 1 is 1.13 bits per heavy atom. The predicted molar refractivity (Wildman–Crippen MR) is 148 cm³/mol. The van der Waals surface area contributed by atoms with Crippen LogP contribution in [-0.2, 0) is 4.79 Å². The number of anilines is 1. The first-order valence-corrected chi connectivity index (χ1v) is 12.6. The smallest absolute Gasteiger partial charge is 0.317 e. The Kier molecular flexibility index (Phi) is 8.43. The molecule has 2 atom stereocenters. The maximum Gasteiger partial charge on any atom is 0.317 e. The van der Waals surface area contributed by atoms with Gasteiger partial charge in [0.15, 0.2) is 0 Å². The highest BCUT2D eigenvalue weighted by molar-refractivity contribution is 6.41. The van der Waals surface area contributed by atoms with E-state index in [2.05, 4.69) is 32.5 Å². The number of likely N-dealkylation sites (tertiary alicyclic amines) is 1. The van der Waals surface area contributed by atoms with Crippen LogP contribution in [0.2, 0.25) is 10.0 Å². The van der Waals surface area contributed by atoms with Crippen molar-refractivity contribution >= 4 is 52.0 Å². The third-order valence-corrected chi connectivity index (χ3v) is 6.96. The predicted octanol–water partition coefficient (Wildman–Crippen LogP) is 4.12. The normalized spacial score (nSPS) is 16.7. The largest absolute Gasteiger partial charge is 0.495 e. The van der Waals surface area contributed by atoms with Crippen LogP contribution in [0, 0.1) is 0 Å². The van der Waals surface area contributed by atoms with E-state index in [1.54, 1.807) is 17.2 Å². The van der Waals surface area contributed by atoms with Crippen LogP contribution in [0.4, 0.5) is 10.7 Å². The number of aromatic nitrogens is 2. The fraction of sp³-hybridized carbons (Fsp3) is 0.308. The molecule has 0 aliphatic carbocycles. The Morgan fingerprint density at radius 2 is 1.82 bits per heavy atom. The molecular weight excluding hydrogens is 531 g/mol. The molecule has 3 amide bonds. The number of hydrogen-bond acceptors (Lipinski definition) is 7. The molecule has 2 heterocycles. The Balaban J connectivity index is 1.62. The summed E-state index contributed by atoms with van der Waals surface area (Å²) in [4.78, 5) is 35.1. The lowest BCUT2D eigenvalue weighted by Gasteiger charge is -2.20. The van der Waals surface area contributed by atoms with Crippen molar-refractivity contribution in [2.24, 2.45) is 0 Å². The number of nitrogens with zero attached hydrogens (tertiary/aromatic N) is 3. The molecule has 0 bridgehead atoms. The van der Waals surface area contributed by atoms with Crippen LogP contribution in [0.25, 0.3) is 22.0 Å². The van der Waals surface area contributed by atoms with Crippen molar-refractivity contribution in [1.82, 2.24) is 25.5 Å². The van der Waals surface area contributed by atoms with Crippen molar-refractivity contribution in [3.63, 3.8) is 0 Å². The summed E-state index contributed by atoms with van der Waals surface area (Å²) in [5, 5.41) is 10.4. The van der Waals surface area contributed by atoms with Gasteiger partial charge >= 0.3 is 6.03 Å². The van der Waals surface area contributed by atoms with Crippen LogP contribution in [0.15, 0.2) is 43.1 Å². The van der Waals surface area contributed by atoms with Crippen molar-refractivity contribution in [3.05, 3.63) is 53.2 Å². The van der Waals surface area contributed by atoms with Gasteiger partial charge in [-0.15, -0.1) is 0 Å². The molecular formula is C26H28Cl2N6O4. The minimum Gasteiger partial charge on any atom is -0.495 e. The first-order chi connectivity index (χ1) is 18.3. The van der Waals surface area contributed by atoms with E-state index < -0.39 is 0 Å². The number of carbonyl (C=O) groups is 2. The second kappa shape index (κ2) is 11.7. The highest BCUT2D eigenvalue weighted by atomic mass is 35.5. The lowest BCUT2D eigenvalue weighted by molar-refractivity contribution is -0.117. The average Bonchev–Trinajstić information content (AvgIpc) is 3.31. The molecule has 0 saturated carbocycles. The number of ether oxygens (including phenoxy) is 2. The molecule has 4 rings (SSSR count). The molecule has 1 saturated heterocycles. The number of amides is 3. The summed E-state index contributed by atoms with van der Waals surface area (Å²) < 4.78 is 10.8. The van der Waals surface area contributed by atoms with E-state index in [1.807, 2.05) is 25.1 Å². The van der Waals surface area contributed by atoms with E-state index in [0.29, 0.717) is 58.2 Å². The van der Waals surface area contributed by atoms with Gasteiger partial charge in [0.05, 0.1) is 41.9 Å². The second-order valence-corrected chi connectivity index (χ2v) is 9.32. The number of methoxy groups -OCH3 is 2. The summed E-state index contributed by atoms with van der Waals surface area (Å²) in [6.45, 7) is 6.57. The highest BCUT2D eigenvalue weighted by Gasteiger charge is 2.36. The molecule has 2 unspecified atom stereocenters. The number of carbonyl (C=O) groups excluding carboxylic acids is 2. The summed E-state index contributed by atoms with van der Waals surface area (Å²) >= 11 is 13.2. The summed E-state index contributed by atoms with van der Waals surface area (Å²) in [5.74, 6) is 0.924. The maximum absolute atomic E-state index is 12.4. The third kappa shape index (κ3) is 5.56. The van der Waals surface area contributed by atoms with Crippen LogP contribution < -0.4 is 25.4 Å². The monoisotopic (exact) mass is 558 g/mol. The molecule has 1 aliphatic heterocycles. The molecule has 1 aromatic heterocycles. The fourth-order valence-electron chi connectivity index (χ4n) is 4.33. The molecule has 200 valence electrons. The molecule has 10 nitrogen and oxygen atoms in total. The summed E-state index contributed by atoms with van der Waals surface area (Å²) in [6, 6.07) is 6.35. The lowest BCUT2D eigenvalue weighted by atomic mass is 10.0. The van der Waals surface area contributed by atoms with Crippen molar-refractivity contribution in [2.75, 3.05) is 39.2 Å². The van der Waals surface area contributed by atoms with Gasteiger partial charge in [0, 0.05) is 42.8 Å². The highest BCUT2D eigenvalue weighted by Crippen LogP contribution is 2.46. The molecule has 3 aromatic rings. The van der Waals surface area contributed by atoms with Gasteiger partial charge in [-0.3, -0.25) is 4.79 Å². The summed E-state index contributed by atoms with van der Waals surface area (Å²) in [6.07, 6.45) is 2.88. The van der Waals surface area contributed by atoms with Gasteiger partial charge in [0.1, 0.15) is 11.5 Å². The SMILES string of the molecule is C=CC(=O)NC1CN(C(=O)NCC)CC1Nc1ncc2cc(-c3c(Cl)c(OC)cc(OC)c3Cl)ccc2n1. The Bertz CT molecular complexity index is 1360. The minimum atomic E-state index is -0.350. The average molecular weight is 559 g/mol. The number of hydrogen-bond donors (Lipinski definition) is 3. The van der Waals surface area contributed by atoms with E-state index in [4.69, 9.17) is 32.7 Å². The van der Waals surface area contributed by atoms with Gasteiger partial charge in [-0.1, -0.05) is 35.8 Å². The van der Waals surface area contributed by atoms with Crippen LogP contribution in [0.1, 0.15) is 6.92 Å². The van der Waals surface area contributed by atoms with E-state index in [1.165, 1.54) is 20.3 Å². The molecule has 3 N–H and O–H groups in total. The number of halogens is 2. The van der Waals surface area contributed by atoms with E-state index in [-0.39, 0.29) is 24.0 Å². The second-order valence-electron chi connectivity index (χ2n) is 8.56. The maximum atomic E-state index is 12.4. The van der Waals surface area contributed by atoms with E-state index in [9.17, 15) is 9.59 Å². The number of rotatable bonds is 8. The van der Waals surface area contributed by atoms with Gasteiger partial charge in [-0.2, -0.15) is 0 Å². The number of fused-ring (bicyclic) bond motifs is 1. The summed E-state index contributed by atoms with van der Waals surface area (Å²) in [5.41, 5.74) is 2.00. The number of nitrogens with one attached hydrogen (secondary N) is 3. The van der Waals surface area contributed by atoms with Crippen molar-refractivity contribution in [2.45, 2.75) is 19.0 Å². The van der Waals surface area contributed by atoms with Crippen LogP contribution >= 0.6 is 23.2 Å². The number of benzene rings is 2. The molecule has 38 heavy (non-hydrogen) atoms. The zero-order valence-corrected chi connectivity index (χ0v) is 22.7. The Hall–Kier alpha value is -3.76. The van der Waals surface area contributed by atoms with Crippen molar-refractivity contribution in [1.29, 1.82) is 0 Å². The molecule has 0 radical (unpaired) electrons. The zero-order chi connectivity index (χ0) is 27.4. The van der Waals surface area contributed by atoms with Crippen molar-refractivity contribution in [3.8, 4) is 22.6 Å². The minimum absolute atomic E-state index is 0.201. The van der Waals surface area contributed by atoms with Gasteiger partial charge in [-0.05, 0) is 30.7 Å². The molecule has 1 aliphatic rings. The number of urea groups is 1. The molecule has 0 spiro atoms. The van der Waals surface area contributed by atoms with Crippen LogP contribution in [-0.4, -0.2) is 72.7 Å². The van der Waals surface area contributed by atoms with Gasteiger partial charge in [0.2, 0.25) is 11.9 Å². The van der Waals surface area contributed by atoms with Gasteiger partial charge < -0.3 is 30.3 Å². The van der Waals surface area contributed by atoms with E-state index in [0.717, 1.165) is 10.9 Å². The Morgan fingerprint density at radius 3 is 2.45 bits per heavy atom.